The van der Waals surface area contributed by atoms with Crippen molar-refractivity contribution in [2.45, 2.75) is 45.1 Å². The predicted molar refractivity (Wildman–Crippen MR) is 137 cm³/mol. The number of aromatic nitrogens is 2. The van der Waals surface area contributed by atoms with E-state index < -0.39 is 0 Å². The zero-order valence-electron chi connectivity index (χ0n) is 20.4. The van der Waals surface area contributed by atoms with Gasteiger partial charge in [0.15, 0.2) is 0 Å². The van der Waals surface area contributed by atoms with E-state index in [9.17, 15) is 9.18 Å². The molecule has 0 spiro atoms. The van der Waals surface area contributed by atoms with Crippen molar-refractivity contribution in [3.05, 3.63) is 65.6 Å². The largest absolute Gasteiger partial charge is 0.354 e. The molecule has 3 aromatic rings. The fourth-order valence-electron chi connectivity index (χ4n) is 5.43. The maximum Gasteiger partial charge on any atom is 0.226 e. The minimum Gasteiger partial charge on any atom is -0.354 e. The Hall–Kier alpha value is -3.06. The Morgan fingerprint density at radius 1 is 1.03 bits per heavy atom. The number of anilines is 1. The number of rotatable bonds is 6. The van der Waals surface area contributed by atoms with E-state index in [0.29, 0.717) is 12.5 Å². The maximum absolute atomic E-state index is 13.6. The summed E-state index contributed by atoms with van der Waals surface area (Å²) in [6, 6.07) is 15.4. The summed E-state index contributed by atoms with van der Waals surface area (Å²) in [5.74, 6) is 0.529. The van der Waals surface area contributed by atoms with Crippen LogP contribution in [0.1, 0.15) is 49.4 Å². The summed E-state index contributed by atoms with van der Waals surface area (Å²) in [6.45, 7) is 6.18. The first-order chi connectivity index (χ1) is 17.1. The van der Waals surface area contributed by atoms with E-state index in [4.69, 9.17) is 0 Å². The van der Waals surface area contributed by atoms with Crippen molar-refractivity contribution in [2.75, 3.05) is 37.6 Å². The van der Waals surface area contributed by atoms with Gasteiger partial charge in [0, 0.05) is 30.9 Å². The Labute approximate surface area is 206 Å². The quantitative estimate of drug-likeness (QED) is 0.563. The molecular weight excluding hydrogens is 441 g/mol. The lowest BCUT2D eigenvalue weighted by atomic mass is 9.95. The fourth-order valence-corrected chi connectivity index (χ4v) is 5.43. The monoisotopic (exact) mass is 475 g/mol. The van der Waals surface area contributed by atoms with Gasteiger partial charge in [-0.15, -0.1) is 0 Å². The number of hydrogen-bond acceptors (Lipinski definition) is 5. The van der Waals surface area contributed by atoms with E-state index in [1.807, 2.05) is 13.0 Å². The molecule has 2 aliphatic heterocycles. The molecule has 1 aromatic heterocycles. The Bertz CT molecular complexity index is 1160. The number of aryl methyl sites for hydroxylation is 1. The van der Waals surface area contributed by atoms with Gasteiger partial charge in [-0.25, -0.2) is 14.4 Å². The molecule has 6 nitrogen and oxygen atoms in total. The number of carbonyl (C=O) groups is 1. The topological polar surface area (TPSA) is 61.4 Å². The van der Waals surface area contributed by atoms with Crippen molar-refractivity contribution in [1.82, 2.24) is 20.2 Å². The van der Waals surface area contributed by atoms with E-state index in [1.165, 1.54) is 37.0 Å². The highest BCUT2D eigenvalue weighted by atomic mass is 19.1. The van der Waals surface area contributed by atoms with Crippen molar-refractivity contribution < 1.29 is 9.18 Å². The molecule has 2 fully saturated rings. The van der Waals surface area contributed by atoms with Gasteiger partial charge < -0.3 is 10.2 Å². The van der Waals surface area contributed by atoms with Gasteiger partial charge >= 0.3 is 0 Å². The van der Waals surface area contributed by atoms with Crippen LogP contribution in [0.25, 0.3) is 10.9 Å². The van der Waals surface area contributed by atoms with Crippen LogP contribution >= 0.6 is 0 Å². The van der Waals surface area contributed by atoms with Crippen LogP contribution in [0.5, 0.6) is 0 Å². The number of halogens is 1. The van der Waals surface area contributed by atoms with Crippen LogP contribution < -0.4 is 10.2 Å². The van der Waals surface area contributed by atoms with Gasteiger partial charge in [0.25, 0.3) is 0 Å². The molecule has 1 N–H and O–H groups in total. The minimum absolute atomic E-state index is 0.000298. The van der Waals surface area contributed by atoms with Crippen LogP contribution in [-0.4, -0.2) is 53.5 Å². The standard InChI is InChI=1S/C28H34FN5O/c1-20-24-18-23(29)10-11-25(24)32-28(31-20)34-16-12-22(13-17-34)27(35)30-19-26(21-8-4-2-5-9-21)33-14-6-3-7-15-33/h2,4-5,8-11,18,22,26H,3,6-7,12-17,19H2,1H3,(H,30,35). The molecule has 0 aliphatic carbocycles. The van der Waals surface area contributed by atoms with Crippen LogP contribution in [0.3, 0.4) is 0 Å². The van der Waals surface area contributed by atoms with Crippen molar-refractivity contribution >= 4 is 22.8 Å². The highest BCUT2D eigenvalue weighted by Crippen LogP contribution is 2.26. The van der Waals surface area contributed by atoms with E-state index in [2.05, 4.69) is 49.4 Å². The van der Waals surface area contributed by atoms with Crippen LogP contribution in [0.2, 0.25) is 0 Å². The summed E-state index contributed by atoms with van der Waals surface area (Å²) < 4.78 is 13.6. The van der Waals surface area contributed by atoms with Crippen LogP contribution in [0, 0.1) is 18.7 Å². The van der Waals surface area contributed by atoms with Crippen molar-refractivity contribution in [2.24, 2.45) is 5.92 Å². The zero-order chi connectivity index (χ0) is 24.2. The number of nitrogens with zero attached hydrogens (tertiary/aromatic N) is 4. The molecule has 0 radical (unpaired) electrons. The molecule has 1 atom stereocenters. The van der Waals surface area contributed by atoms with E-state index in [-0.39, 0.29) is 23.7 Å². The highest BCUT2D eigenvalue weighted by Gasteiger charge is 2.28. The number of benzene rings is 2. The number of likely N-dealkylation sites (tertiary alicyclic amines) is 1. The smallest absolute Gasteiger partial charge is 0.226 e. The lowest BCUT2D eigenvalue weighted by Gasteiger charge is -2.36. The van der Waals surface area contributed by atoms with Gasteiger partial charge in [0.2, 0.25) is 11.9 Å². The lowest BCUT2D eigenvalue weighted by molar-refractivity contribution is -0.125. The second-order valence-corrected chi connectivity index (χ2v) is 9.80. The Morgan fingerprint density at radius 2 is 1.77 bits per heavy atom. The van der Waals surface area contributed by atoms with Crippen LogP contribution in [0.15, 0.2) is 48.5 Å². The first-order valence-corrected chi connectivity index (χ1v) is 12.8. The van der Waals surface area contributed by atoms with E-state index >= 15 is 0 Å². The normalized spacial score (nSPS) is 18.5. The second kappa shape index (κ2) is 10.7. The summed E-state index contributed by atoms with van der Waals surface area (Å²) in [7, 11) is 0. The molecule has 0 bridgehead atoms. The number of hydrogen-bond donors (Lipinski definition) is 1. The van der Waals surface area contributed by atoms with Gasteiger partial charge in [-0.1, -0.05) is 36.8 Å². The third-order valence-electron chi connectivity index (χ3n) is 7.47. The summed E-state index contributed by atoms with van der Waals surface area (Å²) in [4.78, 5) is 27.0. The highest BCUT2D eigenvalue weighted by molar-refractivity contribution is 5.82. The van der Waals surface area contributed by atoms with Crippen molar-refractivity contribution in [1.29, 1.82) is 0 Å². The van der Waals surface area contributed by atoms with Gasteiger partial charge in [0.1, 0.15) is 5.82 Å². The molecule has 0 saturated carbocycles. The summed E-state index contributed by atoms with van der Waals surface area (Å²) >= 11 is 0. The molecule has 184 valence electrons. The molecule has 7 heteroatoms. The van der Waals surface area contributed by atoms with Crippen molar-refractivity contribution in [3.63, 3.8) is 0 Å². The average Bonchev–Trinajstić information content (AvgIpc) is 2.90. The fraction of sp³-hybridized carbons (Fsp3) is 0.464. The summed E-state index contributed by atoms with van der Waals surface area (Å²) in [6.07, 6.45) is 5.28. The minimum atomic E-state index is -0.279. The summed E-state index contributed by atoms with van der Waals surface area (Å²) in [5.41, 5.74) is 2.79. The van der Waals surface area contributed by atoms with Gasteiger partial charge in [-0.3, -0.25) is 9.69 Å². The van der Waals surface area contributed by atoms with Crippen LogP contribution in [0.4, 0.5) is 10.3 Å². The molecule has 1 unspecified atom stereocenters. The first-order valence-electron chi connectivity index (χ1n) is 12.8. The van der Waals surface area contributed by atoms with Crippen molar-refractivity contribution in [3.8, 4) is 0 Å². The average molecular weight is 476 g/mol. The van der Waals surface area contributed by atoms with Gasteiger partial charge in [-0.05, 0) is 69.5 Å². The number of piperidine rings is 2. The molecule has 5 rings (SSSR count). The van der Waals surface area contributed by atoms with Gasteiger partial charge in [-0.2, -0.15) is 0 Å². The first kappa shape index (κ1) is 23.7. The molecule has 35 heavy (non-hydrogen) atoms. The Morgan fingerprint density at radius 3 is 2.51 bits per heavy atom. The molecule has 2 saturated heterocycles. The third kappa shape index (κ3) is 5.45. The molecular formula is C28H34FN5O. The van der Waals surface area contributed by atoms with Crippen LogP contribution in [-0.2, 0) is 4.79 Å². The number of nitrogens with one attached hydrogen (secondary N) is 1. The molecule has 2 aromatic carbocycles. The summed E-state index contributed by atoms with van der Waals surface area (Å²) in [5, 5.41) is 4.02. The SMILES string of the molecule is Cc1nc(N2CCC(C(=O)NCC(c3ccccc3)N3CCCCC3)CC2)nc2ccc(F)cc12. The molecule has 2 aliphatic rings. The Kier molecular flexibility index (Phi) is 7.23. The third-order valence-corrected chi connectivity index (χ3v) is 7.47. The van der Waals surface area contributed by atoms with E-state index in [0.717, 1.165) is 55.6 Å². The number of carbonyl (C=O) groups excluding carboxylic acids is 1. The number of fused-ring (bicyclic) bond motifs is 1. The Balaban J connectivity index is 1.19. The maximum atomic E-state index is 13.6. The molecule has 1 amide bonds. The molecule has 3 heterocycles. The van der Waals surface area contributed by atoms with E-state index in [1.54, 1.807) is 6.07 Å². The second-order valence-electron chi connectivity index (χ2n) is 9.80. The van der Waals surface area contributed by atoms with Gasteiger partial charge in [0.05, 0.1) is 17.3 Å². The number of amides is 1. The predicted octanol–water partition coefficient (Wildman–Crippen LogP) is 4.64. The lowest BCUT2D eigenvalue weighted by Crippen LogP contribution is -2.44. The zero-order valence-corrected chi connectivity index (χ0v) is 20.4.